The van der Waals surface area contributed by atoms with Gasteiger partial charge in [0.2, 0.25) is 11.7 Å². The molecule has 2 aromatic rings. The van der Waals surface area contributed by atoms with Crippen molar-refractivity contribution in [1.82, 2.24) is 10.1 Å². The molecule has 1 fully saturated rings. The minimum absolute atomic E-state index is 0.593. The summed E-state index contributed by atoms with van der Waals surface area (Å²) in [5.74, 6) is 3.88. The van der Waals surface area contributed by atoms with E-state index in [-0.39, 0.29) is 0 Å². The largest absolute Gasteiger partial charge is 0.339 e. The number of aromatic nitrogens is 2. The lowest BCUT2D eigenvalue weighted by molar-refractivity contribution is 0.383. The van der Waals surface area contributed by atoms with Crippen LogP contribution in [0.1, 0.15) is 23.0 Å². The summed E-state index contributed by atoms with van der Waals surface area (Å²) < 4.78 is 5.72. The Morgan fingerprint density at radius 1 is 1.22 bits per heavy atom. The maximum atomic E-state index is 5.13. The van der Waals surface area contributed by atoms with Crippen LogP contribution in [0.5, 0.6) is 0 Å². The van der Waals surface area contributed by atoms with Crippen molar-refractivity contribution in [1.29, 1.82) is 0 Å². The molecule has 1 aliphatic rings. The fraction of sp³-hybridized carbons (Fsp3) is 0.385. The van der Waals surface area contributed by atoms with Crippen molar-refractivity contribution >= 4 is 23.5 Å². The van der Waals surface area contributed by atoms with Crippen LogP contribution in [0.15, 0.2) is 28.8 Å². The summed E-state index contributed by atoms with van der Waals surface area (Å²) >= 11 is 4.04. The molecule has 0 bridgehead atoms. The first-order valence-corrected chi connectivity index (χ1v) is 8.12. The Balaban J connectivity index is 1.81. The molecule has 2 heterocycles. The van der Waals surface area contributed by atoms with Crippen LogP contribution < -0.4 is 0 Å². The Hall–Kier alpha value is -0.940. The standard InChI is InChI=1S/C13H14N2OS2/c1-2-11-14-12(15-16-11)9-3-5-10(6-4-9)13-17-7-8-18-13/h3-6,13H,2,7-8H2,1H3. The topological polar surface area (TPSA) is 38.9 Å². The molecule has 0 amide bonds. The quantitative estimate of drug-likeness (QED) is 0.854. The zero-order chi connectivity index (χ0) is 12.4. The number of hydrogen-bond donors (Lipinski definition) is 0. The molecule has 0 saturated carbocycles. The molecule has 0 spiro atoms. The van der Waals surface area contributed by atoms with Gasteiger partial charge in [-0.25, -0.2) is 0 Å². The molecule has 1 aromatic heterocycles. The smallest absolute Gasteiger partial charge is 0.226 e. The molecule has 5 heteroatoms. The van der Waals surface area contributed by atoms with Crippen LogP contribution in [0, 0.1) is 0 Å². The van der Waals surface area contributed by atoms with E-state index >= 15 is 0 Å². The predicted octanol–water partition coefficient (Wildman–Crippen LogP) is 3.78. The van der Waals surface area contributed by atoms with E-state index in [0.29, 0.717) is 16.3 Å². The van der Waals surface area contributed by atoms with Gasteiger partial charge in [0.25, 0.3) is 0 Å². The van der Waals surface area contributed by atoms with Crippen molar-refractivity contribution in [2.75, 3.05) is 11.5 Å². The molecular weight excluding hydrogens is 264 g/mol. The molecular formula is C13H14N2OS2. The van der Waals surface area contributed by atoms with Gasteiger partial charge >= 0.3 is 0 Å². The Morgan fingerprint density at radius 3 is 2.56 bits per heavy atom. The van der Waals surface area contributed by atoms with Crippen LogP contribution in [-0.4, -0.2) is 21.6 Å². The number of benzene rings is 1. The fourth-order valence-electron chi connectivity index (χ4n) is 1.86. The van der Waals surface area contributed by atoms with E-state index in [2.05, 4.69) is 34.4 Å². The molecule has 3 nitrogen and oxygen atoms in total. The summed E-state index contributed by atoms with van der Waals surface area (Å²) in [7, 11) is 0. The van der Waals surface area contributed by atoms with Gasteiger partial charge in [-0.3, -0.25) is 0 Å². The molecule has 1 aromatic carbocycles. The normalized spacial score (nSPS) is 16.3. The molecule has 1 aliphatic heterocycles. The van der Waals surface area contributed by atoms with Gasteiger partial charge in [0, 0.05) is 23.5 Å². The first kappa shape index (κ1) is 12.1. The van der Waals surface area contributed by atoms with Crippen molar-refractivity contribution in [2.45, 2.75) is 17.9 Å². The van der Waals surface area contributed by atoms with Crippen LogP contribution in [0.3, 0.4) is 0 Å². The maximum Gasteiger partial charge on any atom is 0.226 e. The third-order valence-electron chi connectivity index (χ3n) is 2.83. The minimum Gasteiger partial charge on any atom is -0.339 e. The number of aryl methyl sites for hydroxylation is 1. The third-order valence-corrected chi connectivity index (χ3v) is 5.94. The summed E-state index contributed by atoms with van der Waals surface area (Å²) in [4.78, 5) is 4.34. The molecule has 3 rings (SSSR count). The molecule has 94 valence electrons. The molecule has 1 saturated heterocycles. The van der Waals surface area contributed by atoms with E-state index in [0.717, 1.165) is 12.0 Å². The highest BCUT2D eigenvalue weighted by atomic mass is 32.2. The summed E-state index contributed by atoms with van der Waals surface area (Å²) in [6.45, 7) is 2.01. The van der Waals surface area contributed by atoms with Crippen LogP contribution in [0.4, 0.5) is 0 Å². The maximum absolute atomic E-state index is 5.13. The summed E-state index contributed by atoms with van der Waals surface area (Å²) in [6.07, 6.45) is 0.778. The van der Waals surface area contributed by atoms with Crippen molar-refractivity contribution in [3.05, 3.63) is 35.7 Å². The third kappa shape index (κ3) is 2.42. The first-order valence-electron chi connectivity index (χ1n) is 6.03. The Bertz CT molecular complexity index is 518. The second-order valence-corrected chi connectivity index (χ2v) is 6.79. The van der Waals surface area contributed by atoms with Gasteiger partial charge in [-0.05, 0) is 5.56 Å². The molecule has 0 atom stereocenters. The van der Waals surface area contributed by atoms with Crippen molar-refractivity contribution in [3.8, 4) is 11.4 Å². The van der Waals surface area contributed by atoms with Gasteiger partial charge < -0.3 is 4.52 Å². The van der Waals surface area contributed by atoms with Crippen molar-refractivity contribution < 1.29 is 4.52 Å². The van der Waals surface area contributed by atoms with Gasteiger partial charge in [0.05, 0.1) is 4.58 Å². The van der Waals surface area contributed by atoms with E-state index < -0.39 is 0 Å². The number of rotatable bonds is 3. The minimum atomic E-state index is 0.593. The SMILES string of the molecule is CCc1nc(-c2ccc(C3SCCS3)cc2)no1. The average Bonchev–Trinajstić information content (AvgIpc) is 3.10. The molecule has 0 aliphatic carbocycles. The Morgan fingerprint density at radius 2 is 1.94 bits per heavy atom. The molecule has 0 radical (unpaired) electrons. The van der Waals surface area contributed by atoms with Crippen LogP contribution >= 0.6 is 23.5 Å². The predicted molar refractivity (Wildman–Crippen MR) is 76.8 cm³/mol. The van der Waals surface area contributed by atoms with Gasteiger partial charge in [0.15, 0.2) is 0 Å². The van der Waals surface area contributed by atoms with E-state index in [9.17, 15) is 0 Å². The highest BCUT2D eigenvalue weighted by Crippen LogP contribution is 2.45. The highest BCUT2D eigenvalue weighted by Gasteiger charge is 2.18. The summed E-state index contributed by atoms with van der Waals surface area (Å²) in [6, 6.07) is 8.51. The van der Waals surface area contributed by atoms with Gasteiger partial charge in [0.1, 0.15) is 0 Å². The molecule has 0 unspecified atom stereocenters. The van der Waals surface area contributed by atoms with Crippen LogP contribution in [0.25, 0.3) is 11.4 Å². The average molecular weight is 278 g/mol. The second kappa shape index (κ2) is 5.36. The van der Waals surface area contributed by atoms with E-state index in [1.165, 1.54) is 17.1 Å². The lowest BCUT2D eigenvalue weighted by Gasteiger charge is -2.07. The molecule has 18 heavy (non-hydrogen) atoms. The highest BCUT2D eigenvalue weighted by molar-refractivity contribution is 8.19. The molecule has 0 N–H and O–H groups in total. The van der Waals surface area contributed by atoms with Crippen molar-refractivity contribution in [2.24, 2.45) is 0 Å². The van der Waals surface area contributed by atoms with E-state index in [1.54, 1.807) is 0 Å². The lowest BCUT2D eigenvalue weighted by atomic mass is 10.1. The van der Waals surface area contributed by atoms with Gasteiger partial charge in [-0.1, -0.05) is 36.3 Å². The number of hydrogen-bond acceptors (Lipinski definition) is 5. The number of thioether (sulfide) groups is 2. The van der Waals surface area contributed by atoms with Gasteiger partial charge in [-0.2, -0.15) is 4.98 Å². The number of nitrogens with zero attached hydrogens (tertiary/aromatic N) is 2. The fourth-order valence-corrected chi connectivity index (χ4v) is 4.72. The zero-order valence-electron chi connectivity index (χ0n) is 10.1. The Kier molecular flexibility index (Phi) is 3.61. The van der Waals surface area contributed by atoms with Gasteiger partial charge in [-0.15, -0.1) is 23.5 Å². The second-order valence-electron chi connectivity index (χ2n) is 4.06. The van der Waals surface area contributed by atoms with Crippen molar-refractivity contribution in [3.63, 3.8) is 0 Å². The zero-order valence-corrected chi connectivity index (χ0v) is 11.8. The lowest BCUT2D eigenvalue weighted by Crippen LogP contribution is -1.86. The monoisotopic (exact) mass is 278 g/mol. The van der Waals surface area contributed by atoms with Crippen LogP contribution in [-0.2, 0) is 6.42 Å². The van der Waals surface area contributed by atoms with E-state index in [4.69, 9.17) is 4.52 Å². The summed E-state index contributed by atoms with van der Waals surface area (Å²) in [5, 5.41) is 3.99. The first-order chi connectivity index (χ1) is 8.86. The summed E-state index contributed by atoms with van der Waals surface area (Å²) in [5.41, 5.74) is 2.40. The Labute approximate surface area is 115 Å². The van der Waals surface area contributed by atoms with Crippen LogP contribution in [0.2, 0.25) is 0 Å². The van der Waals surface area contributed by atoms with E-state index in [1.807, 2.05) is 30.4 Å².